The van der Waals surface area contributed by atoms with Crippen molar-refractivity contribution >= 4 is 38.4 Å². The van der Waals surface area contributed by atoms with Crippen molar-refractivity contribution in [2.24, 2.45) is 5.73 Å². The molecule has 0 aliphatic carbocycles. The second kappa shape index (κ2) is 6.49. The predicted molar refractivity (Wildman–Crippen MR) is 77.3 cm³/mol. The van der Waals surface area contributed by atoms with E-state index in [4.69, 9.17) is 5.73 Å². The molecule has 19 heavy (non-hydrogen) atoms. The average Bonchev–Trinajstić information content (AvgIpc) is 2.33. The Kier molecular flexibility index (Phi) is 5.76. The van der Waals surface area contributed by atoms with E-state index in [9.17, 15) is 12.8 Å². The molecule has 0 radical (unpaired) electrons. The fourth-order valence-corrected chi connectivity index (χ4v) is 3.99. The van der Waals surface area contributed by atoms with E-state index in [0.717, 1.165) is 0 Å². The third kappa shape index (κ3) is 3.46. The Hall–Kier alpha value is -0.210. The maximum Gasteiger partial charge on any atom is 0.246 e. The van der Waals surface area contributed by atoms with E-state index < -0.39 is 15.8 Å². The molecule has 0 bridgehead atoms. The number of hydrogen-bond donors (Lipinski definition) is 1. The monoisotopic (exact) mass is 372 g/mol. The molecule has 4 nitrogen and oxygen atoms in total. The van der Waals surface area contributed by atoms with Gasteiger partial charge in [0.25, 0.3) is 0 Å². The van der Waals surface area contributed by atoms with Crippen LogP contribution >= 0.6 is 28.3 Å². The van der Waals surface area contributed by atoms with Crippen LogP contribution in [0.5, 0.6) is 0 Å². The Balaban J connectivity index is 0.00000180. The van der Waals surface area contributed by atoms with Crippen LogP contribution in [0.25, 0.3) is 0 Å². The zero-order valence-electron chi connectivity index (χ0n) is 10.1. The summed E-state index contributed by atoms with van der Waals surface area (Å²) in [6, 6.07) is 4.30. The molecule has 8 heteroatoms. The predicted octanol–water partition coefficient (Wildman–Crippen LogP) is 2.12. The average molecular weight is 374 g/mol. The number of rotatable bonds is 2. The van der Waals surface area contributed by atoms with E-state index >= 15 is 0 Å². The molecule has 0 saturated carbocycles. The minimum absolute atomic E-state index is 0. The number of hydrogen-bond acceptors (Lipinski definition) is 3. The molecule has 0 spiro atoms. The van der Waals surface area contributed by atoms with Crippen LogP contribution in [0.4, 0.5) is 4.39 Å². The molecular formula is C11H15BrClFN2O2S. The Bertz CT molecular complexity index is 548. The number of sulfonamides is 1. The Labute approximate surface area is 126 Å². The van der Waals surface area contributed by atoms with Crippen molar-refractivity contribution in [3.63, 3.8) is 0 Å². The van der Waals surface area contributed by atoms with E-state index in [-0.39, 0.29) is 27.8 Å². The SMILES string of the molecule is Cl.NC1CCN(S(=O)(=O)c2cccc(Br)c2F)CC1. The molecule has 1 fully saturated rings. The third-order valence-corrected chi connectivity index (χ3v) is 5.56. The maximum absolute atomic E-state index is 13.9. The van der Waals surface area contributed by atoms with E-state index in [1.165, 1.54) is 22.5 Å². The number of benzene rings is 1. The molecular weight excluding hydrogens is 359 g/mol. The van der Waals surface area contributed by atoms with Crippen LogP contribution in [0.3, 0.4) is 0 Å². The highest BCUT2D eigenvalue weighted by Crippen LogP contribution is 2.26. The van der Waals surface area contributed by atoms with Gasteiger partial charge in [0.05, 0.1) is 4.47 Å². The zero-order chi connectivity index (χ0) is 13.3. The summed E-state index contributed by atoms with van der Waals surface area (Å²) in [5.74, 6) is -0.743. The van der Waals surface area contributed by atoms with Crippen LogP contribution in [0.2, 0.25) is 0 Å². The smallest absolute Gasteiger partial charge is 0.246 e. The van der Waals surface area contributed by atoms with Gasteiger partial charge in [-0.25, -0.2) is 12.8 Å². The van der Waals surface area contributed by atoms with E-state index in [1.807, 2.05) is 0 Å². The first kappa shape index (κ1) is 16.8. The largest absolute Gasteiger partial charge is 0.328 e. The minimum atomic E-state index is -3.77. The van der Waals surface area contributed by atoms with Crippen LogP contribution in [0.15, 0.2) is 27.6 Å². The zero-order valence-corrected chi connectivity index (χ0v) is 13.3. The van der Waals surface area contributed by atoms with Crippen molar-refractivity contribution in [1.82, 2.24) is 4.31 Å². The molecule has 1 aromatic rings. The van der Waals surface area contributed by atoms with E-state index in [0.29, 0.717) is 25.9 Å². The summed E-state index contributed by atoms with van der Waals surface area (Å²) in [5.41, 5.74) is 5.73. The lowest BCUT2D eigenvalue weighted by Gasteiger charge is -2.29. The van der Waals surface area contributed by atoms with Gasteiger partial charge in [-0.15, -0.1) is 12.4 Å². The van der Waals surface area contributed by atoms with Crippen molar-refractivity contribution in [3.8, 4) is 0 Å². The van der Waals surface area contributed by atoms with Crippen molar-refractivity contribution in [2.75, 3.05) is 13.1 Å². The molecule has 1 aliphatic rings. The van der Waals surface area contributed by atoms with Gasteiger partial charge in [0, 0.05) is 19.1 Å². The summed E-state index contributed by atoms with van der Waals surface area (Å²) < 4.78 is 39.9. The first-order chi connectivity index (χ1) is 8.43. The first-order valence-corrected chi connectivity index (χ1v) is 7.86. The summed E-state index contributed by atoms with van der Waals surface area (Å²) in [7, 11) is -3.77. The van der Waals surface area contributed by atoms with Gasteiger partial charge in [-0.3, -0.25) is 0 Å². The van der Waals surface area contributed by atoms with Gasteiger partial charge in [0.15, 0.2) is 5.82 Å². The maximum atomic E-state index is 13.9. The van der Waals surface area contributed by atoms with Gasteiger partial charge in [-0.05, 0) is 40.9 Å². The summed E-state index contributed by atoms with van der Waals surface area (Å²) in [4.78, 5) is -0.285. The minimum Gasteiger partial charge on any atom is -0.328 e. The van der Waals surface area contributed by atoms with Gasteiger partial charge in [0.2, 0.25) is 10.0 Å². The lowest BCUT2D eigenvalue weighted by molar-refractivity contribution is 0.319. The highest BCUT2D eigenvalue weighted by molar-refractivity contribution is 9.10. The standard InChI is InChI=1S/C11H14BrFN2O2S.ClH/c12-9-2-1-3-10(11(9)13)18(16,17)15-6-4-8(14)5-7-15;/h1-3,8H,4-7,14H2;1H. The van der Waals surface area contributed by atoms with Gasteiger partial charge in [-0.2, -0.15) is 4.31 Å². The van der Waals surface area contributed by atoms with Crippen molar-refractivity contribution in [1.29, 1.82) is 0 Å². The van der Waals surface area contributed by atoms with Gasteiger partial charge in [-0.1, -0.05) is 6.07 Å². The highest BCUT2D eigenvalue weighted by atomic mass is 79.9. The molecule has 1 aliphatic heterocycles. The van der Waals surface area contributed by atoms with Crippen LogP contribution in [-0.4, -0.2) is 31.9 Å². The number of halogens is 3. The first-order valence-electron chi connectivity index (χ1n) is 5.62. The summed E-state index contributed by atoms with van der Waals surface area (Å²) in [6.07, 6.45) is 1.21. The van der Waals surface area contributed by atoms with Gasteiger partial charge >= 0.3 is 0 Å². The topological polar surface area (TPSA) is 63.4 Å². The van der Waals surface area contributed by atoms with Gasteiger partial charge < -0.3 is 5.73 Å². The molecule has 2 rings (SSSR count). The van der Waals surface area contributed by atoms with Crippen molar-refractivity contribution in [3.05, 3.63) is 28.5 Å². The van der Waals surface area contributed by atoms with Crippen molar-refractivity contribution < 1.29 is 12.8 Å². The molecule has 0 atom stereocenters. The van der Waals surface area contributed by atoms with Crippen LogP contribution in [0, 0.1) is 5.82 Å². The Morgan fingerprint density at radius 2 is 1.89 bits per heavy atom. The Morgan fingerprint density at radius 3 is 2.47 bits per heavy atom. The molecule has 0 amide bonds. The van der Waals surface area contributed by atoms with Gasteiger partial charge in [0.1, 0.15) is 4.90 Å². The van der Waals surface area contributed by atoms with Crippen LogP contribution in [-0.2, 0) is 10.0 Å². The molecule has 1 saturated heterocycles. The van der Waals surface area contributed by atoms with Crippen LogP contribution < -0.4 is 5.73 Å². The normalized spacial score (nSPS) is 18.1. The molecule has 1 heterocycles. The summed E-state index contributed by atoms with van der Waals surface area (Å²) >= 11 is 2.99. The van der Waals surface area contributed by atoms with E-state index in [2.05, 4.69) is 15.9 Å². The van der Waals surface area contributed by atoms with E-state index in [1.54, 1.807) is 0 Å². The third-order valence-electron chi connectivity index (χ3n) is 3.03. The molecule has 0 unspecified atom stereocenters. The highest BCUT2D eigenvalue weighted by Gasteiger charge is 2.30. The second-order valence-electron chi connectivity index (χ2n) is 4.29. The number of nitrogens with zero attached hydrogens (tertiary/aromatic N) is 1. The summed E-state index contributed by atoms with van der Waals surface area (Å²) in [5, 5.41) is 0. The lowest BCUT2D eigenvalue weighted by atomic mass is 10.1. The lowest BCUT2D eigenvalue weighted by Crippen LogP contribution is -2.43. The fourth-order valence-electron chi connectivity index (χ4n) is 1.94. The molecule has 0 aromatic heterocycles. The quantitative estimate of drug-likeness (QED) is 0.864. The number of nitrogens with two attached hydrogens (primary N) is 1. The molecule has 1 aromatic carbocycles. The Morgan fingerprint density at radius 1 is 1.32 bits per heavy atom. The summed E-state index contributed by atoms with van der Waals surface area (Å²) in [6.45, 7) is 0.685. The molecule has 2 N–H and O–H groups in total. The fraction of sp³-hybridized carbons (Fsp3) is 0.455. The van der Waals surface area contributed by atoms with Crippen molar-refractivity contribution in [2.45, 2.75) is 23.8 Å². The number of piperidine rings is 1. The second-order valence-corrected chi connectivity index (χ2v) is 7.05. The molecule has 108 valence electrons. The van der Waals surface area contributed by atoms with Crippen LogP contribution in [0.1, 0.15) is 12.8 Å².